The number of piperidine rings is 1. The maximum atomic E-state index is 11.1. The summed E-state index contributed by atoms with van der Waals surface area (Å²) in [5.41, 5.74) is 1.71. The van der Waals surface area contributed by atoms with Crippen LogP contribution < -0.4 is 5.32 Å². The molecule has 2 N–H and O–H groups in total. The van der Waals surface area contributed by atoms with Gasteiger partial charge in [-0.15, -0.1) is 0 Å². The topological polar surface area (TPSA) is 65.5 Å². The van der Waals surface area contributed by atoms with Gasteiger partial charge in [0.25, 0.3) is 0 Å². The molecule has 0 bridgehead atoms. The molecule has 1 saturated heterocycles. The quantitative estimate of drug-likeness (QED) is 0.783. The second-order valence-corrected chi connectivity index (χ2v) is 5.93. The average molecular weight is 299 g/mol. The summed E-state index contributed by atoms with van der Waals surface area (Å²) < 4.78 is 0. The van der Waals surface area contributed by atoms with Crippen molar-refractivity contribution >= 4 is 11.9 Å². The highest BCUT2D eigenvalue weighted by Crippen LogP contribution is 2.33. The molecule has 22 heavy (non-hydrogen) atoms. The van der Waals surface area contributed by atoms with E-state index in [4.69, 9.17) is 5.11 Å². The van der Waals surface area contributed by atoms with E-state index in [0.717, 1.165) is 12.2 Å². The molecule has 5 nitrogen and oxygen atoms in total. The largest absolute Gasteiger partial charge is 0.465 e. The monoisotopic (exact) mass is 299 g/mol. The van der Waals surface area contributed by atoms with Gasteiger partial charge in [-0.1, -0.05) is 31.4 Å². The van der Waals surface area contributed by atoms with Gasteiger partial charge in [-0.2, -0.15) is 0 Å². The van der Waals surface area contributed by atoms with Crippen LogP contribution in [0.25, 0.3) is 0 Å². The Hall–Kier alpha value is -2.48. The molecule has 1 aromatic heterocycles. The van der Waals surface area contributed by atoms with Crippen molar-refractivity contribution in [3.63, 3.8) is 0 Å². The number of nitrogens with zero attached hydrogens (tertiary/aromatic N) is 2. The number of carbonyl (C=O) groups is 1. The first-order valence-corrected chi connectivity index (χ1v) is 7.26. The molecule has 1 aromatic rings. The fraction of sp³-hybridized carbons (Fsp3) is 0.412. The fourth-order valence-corrected chi connectivity index (χ4v) is 2.52. The maximum Gasteiger partial charge on any atom is 0.407 e. The number of carboxylic acid groups (broad SMARTS) is 1. The number of amides is 1. The molecule has 5 heteroatoms. The lowest BCUT2D eigenvalue weighted by Gasteiger charge is -2.38. The van der Waals surface area contributed by atoms with Crippen LogP contribution in [-0.2, 0) is 0 Å². The third kappa shape index (κ3) is 3.79. The van der Waals surface area contributed by atoms with Crippen LogP contribution in [-0.4, -0.2) is 41.2 Å². The maximum absolute atomic E-state index is 11.1. The zero-order chi connectivity index (χ0) is 16.2. The number of anilines is 1. The number of hydrogen-bond donors (Lipinski definition) is 2. The Balaban J connectivity index is 2.13. The van der Waals surface area contributed by atoms with E-state index in [2.05, 4.69) is 36.0 Å². The Morgan fingerprint density at radius 3 is 2.91 bits per heavy atom. The summed E-state index contributed by atoms with van der Waals surface area (Å²) in [6.45, 7) is 5.13. The third-order valence-electron chi connectivity index (χ3n) is 3.83. The number of aromatic nitrogens is 1. The molecule has 1 aliphatic rings. The number of hydrogen-bond acceptors (Lipinski definition) is 3. The van der Waals surface area contributed by atoms with E-state index in [1.165, 1.54) is 10.5 Å². The van der Waals surface area contributed by atoms with Crippen LogP contribution in [0.15, 0.2) is 29.8 Å². The zero-order valence-electron chi connectivity index (χ0n) is 13.2. The number of allylic oxidation sites excluding steroid dienone is 1. The van der Waals surface area contributed by atoms with Crippen LogP contribution >= 0.6 is 0 Å². The van der Waals surface area contributed by atoms with Gasteiger partial charge in [0, 0.05) is 25.6 Å². The standard InChI is InChI=1S/C17H21N3O2/c1-17(2)12-20(16(21)22)11-10-13(17)6-4-7-14-8-5-9-15(18-3)19-14/h5-6,8-9H,10-12H2,1-3H3,(H,18,19)(H,21,22)/b13-6+. The second kappa shape index (κ2) is 6.52. The van der Waals surface area contributed by atoms with E-state index in [1.807, 2.05) is 31.3 Å². The van der Waals surface area contributed by atoms with E-state index in [1.54, 1.807) is 0 Å². The van der Waals surface area contributed by atoms with Crippen molar-refractivity contribution in [1.82, 2.24) is 9.88 Å². The highest BCUT2D eigenvalue weighted by Gasteiger charge is 2.32. The highest BCUT2D eigenvalue weighted by molar-refractivity contribution is 5.65. The van der Waals surface area contributed by atoms with E-state index in [0.29, 0.717) is 18.8 Å². The molecule has 0 saturated carbocycles. The summed E-state index contributed by atoms with van der Waals surface area (Å²) >= 11 is 0. The Morgan fingerprint density at radius 2 is 2.27 bits per heavy atom. The molecule has 0 atom stereocenters. The first kappa shape index (κ1) is 15.9. The lowest BCUT2D eigenvalue weighted by molar-refractivity contribution is 0.117. The van der Waals surface area contributed by atoms with Crippen molar-refractivity contribution in [3.05, 3.63) is 35.5 Å². The van der Waals surface area contributed by atoms with Crippen molar-refractivity contribution in [1.29, 1.82) is 0 Å². The normalized spacial score (nSPS) is 18.5. The van der Waals surface area contributed by atoms with Gasteiger partial charge in [-0.25, -0.2) is 9.78 Å². The van der Waals surface area contributed by atoms with Gasteiger partial charge < -0.3 is 15.3 Å². The van der Waals surface area contributed by atoms with Crippen molar-refractivity contribution in [2.75, 3.05) is 25.5 Å². The van der Waals surface area contributed by atoms with E-state index in [-0.39, 0.29) is 5.41 Å². The van der Waals surface area contributed by atoms with Crippen LogP contribution in [0.4, 0.5) is 10.6 Å². The summed E-state index contributed by atoms with van der Waals surface area (Å²) in [6, 6.07) is 5.66. The summed E-state index contributed by atoms with van der Waals surface area (Å²) in [5, 5.41) is 12.1. The lowest BCUT2D eigenvalue weighted by Crippen LogP contribution is -2.44. The zero-order valence-corrected chi connectivity index (χ0v) is 13.2. The highest BCUT2D eigenvalue weighted by atomic mass is 16.4. The van der Waals surface area contributed by atoms with Crippen molar-refractivity contribution in [2.24, 2.45) is 5.41 Å². The number of nitrogens with one attached hydrogen (secondary N) is 1. The molecule has 1 amide bonds. The predicted octanol–water partition coefficient (Wildman–Crippen LogP) is 2.81. The first-order chi connectivity index (χ1) is 10.4. The van der Waals surface area contributed by atoms with Gasteiger partial charge >= 0.3 is 6.09 Å². The molecule has 0 aromatic carbocycles. The minimum atomic E-state index is -0.855. The predicted molar refractivity (Wildman–Crippen MR) is 86.7 cm³/mol. The van der Waals surface area contributed by atoms with Gasteiger partial charge in [0.1, 0.15) is 11.5 Å². The summed E-state index contributed by atoms with van der Waals surface area (Å²) in [5.74, 6) is 6.87. The molecule has 1 fully saturated rings. The van der Waals surface area contributed by atoms with Gasteiger partial charge in [0.15, 0.2) is 0 Å². The van der Waals surface area contributed by atoms with E-state index >= 15 is 0 Å². The Bertz CT molecular complexity index is 653. The fourth-order valence-electron chi connectivity index (χ4n) is 2.52. The molecule has 2 heterocycles. The molecule has 0 spiro atoms. The van der Waals surface area contributed by atoms with Gasteiger partial charge in [0.05, 0.1) is 0 Å². The van der Waals surface area contributed by atoms with Crippen LogP contribution in [0, 0.1) is 17.3 Å². The molecular weight excluding hydrogens is 278 g/mol. The number of pyridine rings is 1. The molecule has 2 rings (SSSR count). The minimum Gasteiger partial charge on any atom is -0.465 e. The van der Waals surface area contributed by atoms with E-state index < -0.39 is 6.09 Å². The van der Waals surface area contributed by atoms with Gasteiger partial charge in [0.2, 0.25) is 0 Å². The van der Waals surface area contributed by atoms with Crippen LogP contribution in [0.2, 0.25) is 0 Å². The SMILES string of the molecule is CNc1cccc(C#C/C=C2\CCN(C(=O)O)CC2(C)C)n1. The summed E-state index contributed by atoms with van der Waals surface area (Å²) in [7, 11) is 1.82. The second-order valence-electron chi connectivity index (χ2n) is 5.93. The van der Waals surface area contributed by atoms with Gasteiger partial charge in [-0.3, -0.25) is 0 Å². The Kier molecular flexibility index (Phi) is 4.71. The van der Waals surface area contributed by atoms with Crippen LogP contribution in [0.1, 0.15) is 26.0 Å². The number of rotatable bonds is 1. The van der Waals surface area contributed by atoms with E-state index in [9.17, 15) is 4.79 Å². The molecule has 0 unspecified atom stereocenters. The minimum absolute atomic E-state index is 0.189. The average Bonchev–Trinajstić information content (AvgIpc) is 2.48. The molecule has 1 aliphatic heterocycles. The first-order valence-electron chi connectivity index (χ1n) is 7.26. The lowest BCUT2D eigenvalue weighted by atomic mass is 9.79. The molecular formula is C17H21N3O2. The smallest absolute Gasteiger partial charge is 0.407 e. The van der Waals surface area contributed by atoms with Crippen molar-refractivity contribution < 1.29 is 9.90 Å². The Morgan fingerprint density at radius 1 is 1.50 bits per heavy atom. The van der Waals surface area contributed by atoms with Gasteiger partial charge in [-0.05, 0) is 30.6 Å². The summed E-state index contributed by atoms with van der Waals surface area (Å²) in [4.78, 5) is 16.9. The molecule has 116 valence electrons. The Labute approximate surface area is 131 Å². The summed E-state index contributed by atoms with van der Waals surface area (Å²) in [6.07, 6.45) is 1.77. The molecule has 0 radical (unpaired) electrons. The van der Waals surface area contributed by atoms with Crippen molar-refractivity contribution in [3.8, 4) is 11.8 Å². The third-order valence-corrected chi connectivity index (χ3v) is 3.83. The van der Waals surface area contributed by atoms with Crippen LogP contribution in [0.5, 0.6) is 0 Å². The number of likely N-dealkylation sites (tertiary alicyclic amines) is 1. The van der Waals surface area contributed by atoms with Crippen LogP contribution in [0.3, 0.4) is 0 Å². The molecule has 0 aliphatic carbocycles. The van der Waals surface area contributed by atoms with Crippen molar-refractivity contribution in [2.45, 2.75) is 20.3 Å².